The fourth-order valence-electron chi connectivity index (χ4n) is 1.76. The molecule has 0 aromatic heterocycles. The molecular weight excluding hydrogens is 266 g/mol. The zero-order valence-corrected chi connectivity index (χ0v) is 12.0. The quantitative estimate of drug-likeness (QED) is 0.550. The van der Waals surface area contributed by atoms with Crippen LogP contribution in [0.4, 0.5) is 8.78 Å². The Hall–Kier alpha value is -1.41. The molecule has 1 rings (SSSR count). The van der Waals surface area contributed by atoms with E-state index in [9.17, 15) is 8.78 Å². The number of allylic oxidation sites excluding steroid dienone is 10. The smallest absolute Gasteiger partial charge is 0.162 e. The molecular formula is C16H17ClF2. The predicted octanol–water partition coefficient (Wildman–Crippen LogP) is 6.06. The average Bonchev–Trinajstić information content (AvgIpc) is 2.41. The van der Waals surface area contributed by atoms with Gasteiger partial charge in [-0.15, -0.1) is 0 Å². The Morgan fingerprint density at radius 2 is 2.00 bits per heavy atom. The minimum Gasteiger partial charge on any atom is -0.203 e. The third kappa shape index (κ3) is 3.54. The first kappa shape index (κ1) is 15.6. The van der Waals surface area contributed by atoms with Gasteiger partial charge < -0.3 is 0 Å². The molecule has 0 aromatic rings. The van der Waals surface area contributed by atoms with Crippen LogP contribution in [0.3, 0.4) is 0 Å². The minimum atomic E-state index is -0.845. The summed E-state index contributed by atoms with van der Waals surface area (Å²) in [5, 5.41) is 0.549. The molecule has 0 aliphatic heterocycles. The van der Waals surface area contributed by atoms with Crippen LogP contribution in [0, 0.1) is 0 Å². The summed E-state index contributed by atoms with van der Waals surface area (Å²) in [6.45, 7) is 10.6. The fraction of sp³-hybridized carbons (Fsp3) is 0.250. The SMILES string of the molecule is C=C/C(CC)=C(F)\C(F)=C(/C)C1=CC=C(Cl)C(=C)C1. The highest BCUT2D eigenvalue weighted by Gasteiger charge is 2.17. The van der Waals surface area contributed by atoms with Crippen molar-refractivity contribution in [1.29, 1.82) is 0 Å². The zero-order valence-electron chi connectivity index (χ0n) is 11.2. The second-order valence-electron chi connectivity index (χ2n) is 4.32. The molecule has 0 aromatic carbocycles. The van der Waals surface area contributed by atoms with Crippen LogP contribution in [0.5, 0.6) is 0 Å². The maximum Gasteiger partial charge on any atom is 0.162 e. The Bertz CT molecular complexity index is 531. The van der Waals surface area contributed by atoms with E-state index in [1.165, 1.54) is 6.08 Å². The van der Waals surface area contributed by atoms with Gasteiger partial charge in [0.25, 0.3) is 0 Å². The molecule has 0 N–H and O–H groups in total. The highest BCUT2D eigenvalue weighted by Crippen LogP contribution is 2.33. The van der Waals surface area contributed by atoms with Gasteiger partial charge in [0.1, 0.15) is 0 Å². The summed E-state index contributed by atoms with van der Waals surface area (Å²) < 4.78 is 28.0. The molecule has 0 saturated carbocycles. The van der Waals surface area contributed by atoms with Crippen molar-refractivity contribution >= 4 is 11.6 Å². The molecule has 0 nitrogen and oxygen atoms in total. The van der Waals surface area contributed by atoms with Gasteiger partial charge >= 0.3 is 0 Å². The highest BCUT2D eigenvalue weighted by molar-refractivity contribution is 6.32. The lowest BCUT2D eigenvalue weighted by Gasteiger charge is -2.15. The topological polar surface area (TPSA) is 0 Å². The molecule has 0 heterocycles. The van der Waals surface area contributed by atoms with E-state index in [4.69, 9.17) is 11.6 Å². The minimum absolute atomic E-state index is 0.265. The van der Waals surface area contributed by atoms with Crippen molar-refractivity contribution in [2.75, 3.05) is 0 Å². The van der Waals surface area contributed by atoms with E-state index in [1.54, 1.807) is 26.0 Å². The zero-order chi connectivity index (χ0) is 14.6. The number of halogens is 3. The molecule has 0 saturated heterocycles. The lowest BCUT2D eigenvalue weighted by Crippen LogP contribution is -1.98. The molecule has 0 bridgehead atoms. The first-order chi connectivity index (χ1) is 8.92. The van der Waals surface area contributed by atoms with Crippen molar-refractivity contribution in [1.82, 2.24) is 0 Å². The molecule has 0 spiro atoms. The summed E-state index contributed by atoms with van der Waals surface area (Å²) in [4.78, 5) is 0. The molecule has 3 heteroatoms. The second kappa shape index (κ2) is 6.67. The average molecular weight is 283 g/mol. The maximum absolute atomic E-state index is 14.1. The largest absolute Gasteiger partial charge is 0.203 e. The standard InChI is InChI=1S/C16H17ClF2/c1-5-12(6-2)16(19)15(18)11(4)13-7-8-14(17)10(3)9-13/h5,7-8H,1,3,6,9H2,2,4H3/b15-11-,16-12-. The van der Waals surface area contributed by atoms with Crippen molar-refractivity contribution in [3.63, 3.8) is 0 Å². The van der Waals surface area contributed by atoms with Gasteiger partial charge in [0, 0.05) is 5.03 Å². The van der Waals surface area contributed by atoms with Crippen LogP contribution in [0.15, 0.2) is 70.4 Å². The normalized spacial score (nSPS) is 18.3. The summed E-state index contributed by atoms with van der Waals surface area (Å²) >= 11 is 5.89. The molecule has 0 amide bonds. The molecule has 0 atom stereocenters. The van der Waals surface area contributed by atoms with Crippen LogP contribution in [-0.4, -0.2) is 0 Å². The summed E-state index contributed by atoms with van der Waals surface area (Å²) in [7, 11) is 0. The van der Waals surface area contributed by atoms with E-state index in [0.29, 0.717) is 29.0 Å². The van der Waals surface area contributed by atoms with Gasteiger partial charge in [0.2, 0.25) is 0 Å². The molecule has 0 unspecified atom stereocenters. The Morgan fingerprint density at radius 3 is 2.47 bits per heavy atom. The van der Waals surface area contributed by atoms with E-state index in [-0.39, 0.29) is 11.1 Å². The molecule has 102 valence electrons. The Balaban J connectivity index is 3.21. The molecule has 0 fully saturated rings. The third-order valence-corrected chi connectivity index (χ3v) is 3.48. The predicted molar refractivity (Wildman–Crippen MR) is 78.2 cm³/mol. The van der Waals surface area contributed by atoms with Gasteiger partial charge in [-0.05, 0) is 48.1 Å². The summed E-state index contributed by atoms with van der Waals surface area (Å²) in [6, 6.07) is 0. The van der Waals surface area contributed by atoms with Crippen LogP contribution in [-0.2, 0) is 0 Å². The van der Waals surface area contributed by atoms with Crippen LogP contribution in [0.1, 0.15) is 26.7 Å². The monoisotopic (exact) mass is 282 g/mol. The van der Waals surface area contributed by atoms with Crippen LogP contribution in [0.25, 0.3) is 0 Å². The van der Waals surface area contributed by atoms with Gasteiger partial charge in [0.15, 0.2) is 11.7 Å². The van der Waals surface area contributed by atoms with Crippen molar-refractivity contribution in [2.45, 2.75) is 26.7 Å². The molecule has 19 heavy (non-hydrogen) atoms. The van der Waals surface area contributed by atoms with Gasteiger partial charge in [-0.3, -0.25) is 0 Å². The van der Waals surface area contributed by atoms with Gasteiger partial charge in [-0.1, -0.05) is 43.8 Å². The highest BCUT2D eigenvalue weighted by atomic mass is 35.5. The van der Waals surface area contributed by atoms with Crippen molar-refractivity contribution in [2.24, 2.45) is 0 Å². The lowest BCUT2D eigenvalue weighted by atomic mass is 9.94. The Kier molecular flexibility index (Phi) is 5.49. The van der Waals surface area contributed by atoms with E-state index in [0.717, 1.165) is 0 Å². The summed E-state index contributed by atoms with van der Waals surface area (Å²) in [5.41, 5.74) is 1.92. The molecule has 1 aliphatic rings. The van der Waals surface area contributed by atoms with Gasteiger partial charge in [-0.25, -0.2) is 8.78 Å². The van der Waals surface area contributed by atoms with Gasteiger partial charge in [0.05, 0.1) is 0 Å². The maximum atomic E-state index is 14.1. The van der Waals surface area contributed by atoms with E-state index in [2.05, 4.69) is 13.2 Å². The van der Waals surface area contributed by atoms with E-state index >= 15 is 0 Å². The van der Waals surface area contributed by atoms with E-state index < -0.39 is 11.7 Å². The van der Waals surface area contributed by atoms with Crippen LogP contribution >= 0.6 is 11.6 Å². The van der Waals surface area contributed by atoms with Crippen molar-refractivity contribution in [3.05, 3.63) is 70.4 Å². The third-order valence-electron chi connectivity index (χ3n) is 3.09. The number of hydrogen-bond donors (Lipinski definition) is 0. The Labute approximate surface area is 118 Å². The van der Waals surface area contributed by atoms with E-state index in [1.807, 2.05) is 0 Å². The first-order valence-corrected chi connectivity index (χ1v) is 6.42. The Morgan fingerprint density at radius 1 is 1.37 bits per heavy atom. The molecule has 0 radical (unpaired) electrons. The number of rotatable bonds is 4. The second-order valence-corrected chi connectivity index (χ2v) is 4.73. The van der Waals surface area contributed by atoms with Gasteiger partial charge in [-0.2, -0.15) is 0 Å². The van der Waals surface area contributed by atoms with Crippen LogP contribution < -0.4 is 0 Å². The summed E-state index contributed by atoms with van der Waals surface area (Å²) in [6.07, 6.45) is 5.51. The van der Waals surface area contributed by atoms with Crippen LogP contribution in [0.2, 0.25) is 0 Å². The van der Waals surface area contributed by atoms with Crippen molar-refractivity contribution in [3.8, 4) is 0 Å². The lowest BCUT2D eigenvalue weighted by molar-refractivity contribution is 0.530. The summed E-state index contributed by atoms with van der Waals surface area (Å²) in [5.74, 6) is -1.69. The number of hydrogen-bond acceptors (Lipinski definition) is 0. The first-order valence-electron chi connectivity index (χ1n) is 6.05. The van der Waals surface area contributed by atoms with Crippen molar-refractivity contribution < 1.29 is 8.78 Å². The molecule has 1 aliphatic carbocycles. The fourth-order valence-corrected chi connectivity index (χ4v) is 1.89.